The highest BCUT2D eigenvalue weighted by Gasteiger charge is 2.07. The first kappa shape index (κ1) is 11.9. The molecule has 3 N–H and O–H groups in total. The average Bonchev–Trinajstić information content (AvgIpc) is 2.36. The molecule has 1 unspecified atom stereocenters. The molecule has 3 nitrogen and oxygen atoms in total. The number of para-hydroxylation sites is 1. The predicted octanol–water partition coefficient (Wildman–Crippen LogP) is 2.69. The number of nitrogens with zero attached hydrogens (tertiary/aromatic N) is 1. The normalized spacial score (nSPS) is 12.6. The number of hydrogen-bond acceptors (Lipinski definition) is 3. The number of aromatic nitrogens is 1. The Balaban J connectivity index is 2.37. The highest BCUT2D eigenvalue weighted by molar-refractivity contribution is 5.81. The highest BCUT2D eigenvalue weighted by atomic mass is 15.0. The van der Waals surface area contributed by atoms with Crippen molar-refractivity contribution in [2.75, 3.05) is 11.9 Å². The first-order valence-electron chi connectivity index (χ1n) is 6.07. The molecule has 1 aromatic carbocycles. The molecule has 0 amide bonds. The fraction of sp³-hybridized carbons (Fsp3) is 0.357. The fourth-order valence-corrected chi connectivity index (χ4v) is 1.89. The molecule has 1 aromatic heterocycles. The monoisotopic (exact) mass is 229 g/mol. The van der Waals surface area contributed by atoms with Crippen LogP contribution >= 0.6 is 0 Å². The van der Waals surface area contributed by atoms with Crippen LogP contribution in [0.3, 0.4) is 0 Å². The number of anilines is 1. The Bertz CT molecular complexity index is 504. The van der Waals surface area contributed by atoms with E-state index in [9.17, 15) is 0 Å². The molecule has 1 atom stereocenters. The Labute approximate surface area is 102 Å². The third-order valence-electron chi connectivity index (χ3n) is 3.03. The van der Waals surface area contributed by atoms with Crippen LogP contribution < -0.4 is 11.1 Å². The van der Waals surface area contributed by atoms with Crippen LogP contribution in [-0.2, 0) is 0 Å². The molecule has 0 spiro atoms. The van der Waals surface area contributed by atoms with Crippen LogP contribution in [0.2, 0.25) is 0 Å². The van der Waals surface area contributed by atoms with Crippen LogP contribution in [0.4, 0.5) is 5.82 Å². The maximum absolute atomic E-state index is 5.70. The third kappa shape index (κ3) is 2.56. The number of fused-ring (bicyclic) bond motifs is 1. The van der Waals surface area contributed by atoms with E-state index in [1.807, 2.05) is 18.2 Å². The number of rotatable bonds is 4. The standard InChI is InChI=1S/C14H19N3/c1-3-12(9-15)16-14-10(2)8-11-6-4-5-7-13(11)17-14/h4-8,12H,3,9,15H2,1-2H3,(H,16,17). The topological polar surface area (TPSA) is 50.9 Å². The minimum absolute atomic E-state index is 0.294. The van der Waals surface area contributed by atoms with Crippen molar-refractivity contribution in [2.45, 2.75) is 26.3 Å². The van der Waals surface area contributed by atoms with E-state index in [1.54, 1.807) is 0 Å². The predicted molar refractivity (Wildman–Crippen MR) is 73.2 cm³/mol. The van der Waals surface area contributed by atoms with E-state index in [4.69, 9.17) is 5.73 Å². The average molecular weight is 229 g/mol. The summed E-state index contributed by atoms with van der Waals surface area (Å²) < 4.78 is 0. The SMILES string of the molecule is CCC(CN)Nc1nc2ccccc2cc1C. The number of aryl methyl sites for hydroxylation is 1. The van der Waals surface area contributed by atoms with Crippen molar-refractivity contribution in [3.05, 3.63) is 35.9 Å². The Morgan fingerprint density at radius 2 is 2.12 bits per heavy atom. The third-order valence-corrected chi connectivity index (χ3v) is 3.03. The summed E-state index contributed by atoms with van der Waals surface area (Å²) in [4.78, 5) is 4.64. The molecule has 1 heterocycles. The van der Waals surface area contributed by atoms with Gasteiger partial charge in [0.05, 0.1) is 5.52 Å². The van der Waals surface area contributed by atoms with E-state index in [2.05, 4.69) is 36.3 Å². The number of nitrogens with two attached hydrogens (primary N) is 1. The summed E-state index contributed by atoms with van der Waals surface area (Å²) >= 11 is 0. The second-order valence-corrected chi connectivity index (χ2v) is 4.33. The molecular formula is C14H19N3. The van der Waals surface area contributed by atoms with Crippen LogP contribution in [-0.4, -0.2) is 17.6 Å². The molecule has 0 saturated carbocycles. The fourth-order valence-electron chi connectivity index (χ4n) is 1.89. The molecule has 0 aliphatic heterocycles. The summed E-state index contributed by atoms with van der Waals surface area (Å²) in [6.45, 7) is 4.83. The molecule has 0 fully saturated rings. The van der Waals surface area contributed by atoms with Gasteiger partial charge in [0.25, 0.3) is 0 Å². The van der Waals surface area contributed by atoms with Gasteiger partial charge in [-0.05, 0) is 31.0 Å². The van der Waals surface area contributed by atoms with E-state index in [0.717, 1.165) is 23.3 Å². The van der Waals surface area contributed by atoms with Gasteiger partial charge in [0.1, 0.15) is 5.82 Å². The van der Waals surface area contributed by atoms with Crippen molar-refractivity contribution in [1.29, 1.82) is 0 Å². The molecular weight excluding hydrogens is 210 g/mol. The van der Waals surface area contributed by atoms with Crippen LogP contribution in [0, 0.1) is 6.92 Å². The quantitative estimate of drug-likeness (QED) is 0.847. The van der Waals surface area contributed by atoms with Gasteiger partial charge in [-0.3, -0.25) is 0 Å². The molecule has 0 bridgehead atoms. The number of hydrogen-bond donors (Lipinski definition) is 2. The van der Waals surface area contributed by atoms with Gasteiger partial charge in [-0.25, -0.2) is 4.98 Å². The van der Waals surface area contributed by atoms with E-state index in [0.29, 0.717) is 12.6 Å². The van der Waals surface area contributed by atoms with E-state index in [1.165, 1.54) is 5.39 Å². The molecule has 0 aliphatic carbocycles. The van der Waals surface area contributed by atoms with Gasteiger partial charge in [-0.15, -0.1) is 0 Å². The van der Waals surface area contributed by atoms with Crippen LogP contribution in [0.25, 0.3) is 10.9 Å². The maximum atomic E-state index is 5.70. The summed E-state index contributed by atoms with van der Waals surface area (Å²) in [7, 11) is 0. The Morgan fingerprint density at radius 1 is 1.35 bits per heavy atom. The largest absolute Gasteiger partial charge is 0.366 e. The molecule has 17 heavy (non-hydrogen) atoms. The van der Waals surface area contributed by atoms with Crippen molar-refractivity contribution >= 4 is 16.7 Å². The Hall–Kier alpha value is -1.61. The Kier molecular flexibility index (Phi) is 3.59. The van der Waals surface area contributed by atoms with Crippen LogP contribution in [0.15, 0.2) is 30.3 Å². The maximum Gasteiger partial charge on any atom is 0.129 e. The lowest BCUT2D eigenvalue weighted by molar-refractivity contribution is 0.700. The number of benzene rings is 1. The molecule has 2 rings (SSSR count). The molecule has 90 valence electrons. The van der Waals surface area contributed by atoms with E-state index < -0.39 is 0 Å². The first-order valence-corrected chi connectivity index (χ1v) is 6.07. The lowest BCUT2D eigenvalue weighted by Crippen LogP contribution is -2.28. The highest BCUT2D eigenvalue weighted by Crippen LogP contribution is 2.20. The zero-order chi connectivity index (χ0) is 12.3. The van der Waals surface area contributed by atoms with Crippen molar-refractivity contribution in [2.24, 2.45) is 5.73 Å². The summed E-state index contributed by atoms with van der Waals surface area (Å²) in [6, 6.07) is 10.6. The molecule has 3 heteroatoms. The minimum atomic E-state index is 0.294. The first-order chi connectivity index (χ1) is 8.24. The number of pyridine rings is 1. The zero-order valence-electron chi connectivity index (χ0n) is 10.4. The van der Waals surface area contributed by atoms with Gasteiger partial charge in [0.2, 0.25) is 0 Å². The van der Waals surface area contributed by atoms with Gasteiger partial charge in [0, 0.05) is 18.0 Å². The molecule has 0 radical (unpaired) electrons. The number of nitrogens with one attached hydrogen (secondary N) is 1. The van der Waals surface area contributed by atoms with Crippen molar-refractivity contribution in [3.8, 4) is 0 Å². The van der Waals surface area contributed by atoms with E-state index >= 15 is 0 Å². The smallest absolute Gasteiger partial charge is 0.129 e. The van der Waals surface area contributed by atoms with Gasteiger partial charge in [0.15, 0.2) is 0 Å². The second-order valence-electron chi connectivity index (χ2n) is 4.33. The van der Waals surface area contributed by atoms with Crippen molar-refractivity contribution in [1.82, 2.24) is 4.98 Å². The summed E-state index contributed by atoms with van der Waals surface area (Å²) in [5.41, 5.74) is 7.89. The lowest BCUT2D eigenvalue weighted by Gasteiger charge is -2.17. The molecule has 0 aliphatic rings. The van der Waals surface area contributed by atoms with Gasteiger partial charge < -0.3 is 11.1 Å². The van der Waals surface area contributed by atoms with E-state index in [-0.39, 0.29) is 0 Å². The van der Waals surface area contributed by atoms with Crippen LogP contribution in [0.5, 0.6) is 0 Å². The lowest BCUT2D eigenvalue weighted by atomic mass is 10.1. The molecule has 0 saturated heterocycles. The van der Waals surface area contributed by atoms with Crippen molar-refractivity contribution < 1.29 is 0 Å². The van der Waals surface area contributed by atoms with Crippen molar-refractivity contribution in [3.63, 3.8) is 0 Å². The zero-order valence-corrected chi connectivity index (χ0v) is 10.4. The summed E-state index contributed by atoms with van der Waals surface area (Å²) in [6.07, 6.45) is 1.00. The summed E-state index contributed by atoms with van der Waals surface area (Å²) in [5.74, 6) is 0.945. The second kappa shape index (κ2) is 5.15. The summed E-state index contributed by atoms with van der Waals surface area (Å²) in [5, 5.41) is 4.58. The minimum Gasteiger partial charge on any atom is -0.366 e. The molecule has 2 aromatic rings. The Morgan fingerprint density at radius 3 is 2.82 bits per heavy atom. The van der Waals surface area contributed by atoms with Gasteiger partial charge >= 0.3 is 0 Å². The van der Waals surface area contributed by atoms with Crippen LogP contribution in [0.1, 0.15) is 18.9 Å². The van der Waals surface area contributed by atoms with Gasteiger partial charge in [-0.2, -0.15) is 0 Å². The van der Waals surface area contributed by atoms with Gasteiger partial charge in [-0.1, -0.05) is 25.1 Å².